The summed E-state index contributed by atoms with van der Waals surface area (Å²) in [7, 11) is 0. The highest BCUT2D eigenvalue weighted by atomic mass is 35.5. The standard InChI is InChI=1S/C11H16ClN3O/c1-8(16)9-2-3-15(6-9)7-10-4-14-11(12)5-13-10/h4-5,8-9,16H,2-3,6-7H2,1H3. The van der Waals surface area contributed by atoms with Crippen molar-refractivity contribution in [2.75, 3.05) is 13.1 Å². The number of rotatable bonds is 3. The van der Waals surface area contributed by atoms with Gasteiger partial charge in [-0.25, -0.2) is 4.98 Å². The molecule has 0 aliphatic carbocycles. The van der Waals surface area contributed by atoms with Gasteiger partial charge in [0.2, 0.25) is 0 Å². The minimum atomic E-state index is -0.221. The Bertz CT molecular complexity index is 342. The van der Waals surface area contributed by atoms with Gasteiger partial charge < -0.3 is 5.11 Å². The van der Waals surface area contributed by atoms with E-state index < -0.39 is 0 Å². The molecule has 1 saturated heterocycles. The van der Waals surface area contributed by atoms with E-state index in [0.29, 0.717) is 11.1 Å². The van der Waals surface area contributed by atoms with Gasteiger partial charge in [-0.1, -0.05) is 11.6 Å². The van der Waals surface area contributed by atoms with Gasteiger partial charge in [-0.15, -0.1) is 0 Å². The van der Waals surface area contributed by atoms with Crippen molar-refractivity contribution in [1.29, 1.82) is 0 Å². The SMILES string of the molecule is CC(O)C1CCN(Cc2cnc(Cl)cn2)C1. The zero-order chi connectivity index (χ0) is 11.5. The normalized spacial score (nSPS) is 23.6. The van der Waals surface area contributed by atoms with Gasteiger partial charge >= 0.3 is 0 Å². The lowest BCUT2D eigenvalue weighted by molar-refractivity contribution is 0.127. The van der Waals surface area contributed by atoms with Crippen LogP contribution in [0.4, 0.5) is 0 Å². The Morgan fingerprint density at radius 3 is 2.94 bits per heavy atom. The Kier molecular flexibility index (Phi) is 3.74. The minimum absolute atomic E-state index is 0.221. The summed E-state index contributed by atoms with van der Waals surface area (Å²) < 4.78 is 0. The largest absolute Gasteiger partial charge is 0.393 e. The van der Waals surface area contributed by atoms with E-state index >= 15 is 0 Å². The van der Waals surface area contributed by atoms with Crippen molar-refractivity contribution in [3.05, 3.63) is 23.2 Å². The highest BCUT2D eigenvalue weighted by Gasteiger charge is 2.25. The third kappa shape index (κ3) is 2.90. The molecule has 1 N–H and O–H groups in total. The lowest BCUT2D eigenvalue weighted by atomic mass is 10.0. The van der Waals surface area contributed by atoms with E-state index in [0.717, 1.165) is 31.7 Å². The second-order valence-electron chi connectivity index (χ2n) is 4.35. The van der Waals surface area contributed by atoms with E-state index in [1.54, 1.807) is 12.4 Å². The van der Waals surface area contributed by atoms with Crippen LogP contribution in [0.2, 0.25) is 5.15 Å². The third-order valence-electron chi connectivity index (χ3n) is 3.05. The van der Waals surface area contributed by atoms with E-state index in [1.807, 2.05) is 6.92 Å². The molecule has 2 unspecified atom stereocenters. The number of hydrogen-bond acceptors (Lipinski definition) is 4. The van der Waals surface area contributed by atoms with Gasteiger partial charge in [-0.2, -0.15) is 0 Å². The molecule has 1 aromatic heterocycles. The van der Waals surface area contributed by atoms with Gasteiger partial charge in [-0.3, -0.25) is 9.88 Å². The molecule has 0 amide bonds. The summed E-state index contributed by atoms with van der Waals surface area (Å²) in [6.45, 7) is 4.59. The summed E-state index contributed by atoms with van der Waals surface area (Å²) in [5.41, 5.74) is 0.927. The van der Waals surface area contributed by atoms with Crippen molar-refractivity contribution < 1.29 is 5.11 Å². The van der Waals surface area contributed by atoms with E-state index in [-0.39, 0.29) is 6.10 Å². The predicted molar refractivity (Wildman–Crippen MR) is 62.1 cm³/mol. The summed E-state index contributed by atoms with van der Waals surface area (Å²) >= 11 is 5.67. The molecule has 2 heterocycles. The van der Waals surface area contributed by atoms with Gasteiger partial charge in [0, 0.05) is 13.1 Å². The van der Waals surface area contributed by atoms with E-state index in [9.17, 15) is 5.11 Å². The number of halogens is 1. The van der Waals surface area contributed by atoms with Crippen LogP contribution in [-0.4, -0.2) is 39.2 Å². The Morgan fingerprint density at radius 1 is 1.56 bits per heavy atom. The number of nitrogens with zero attached hydrogens (tertiary/aromatic N) is 3. The number of likely N-dealkylation sites (tertiary alicyclic amines) is 1. The smallest absolute Gasteiger partial charge is 0.147 e. The van der Waals surface area contributed by atoms with Crippen molar-refractivity contribution in [3.63, 3.8) is 0 Å². The highest BCUT2D eigenvalue weighted by Crippen LogP contribution is 2.20. The van der Waals surface area contributed by atoms with Crippen LogP contribution < -0.4 is 0 Å². The topological polar surface area (TPSA) is 49.2 Å². The Hall–Kier alpha value is -0.710. The van der Waals surface area contributed by atoms with Crippen molar-refractivity contribution in [1.82, 2.24) is 14.9 Å². The summed E-state index contributed by atoms with van der Waals surface area (Å²) in [5.74, 6) is 0.389. The van der Waals surface area contributed by atoms with E-state index in [4.69, 9.17) is 11.6 Å². The van der Waals surface area contributed by atoms with Crippen LogP contribution in [-0.2, 0) is 6.54 Å². The fraction of sp³-hybridized carbons (Fsp3) is 0.636. The molecule has 0 aromatic carbocycles. The van der Waals surface area contributed by atoms with Crippen molar-refractivity contribution in [3.8, 4) is 0 Å². The van der Waals surface area contributed by atoms with Crippen LogP contribution in [0.3, 0.4) is 0 Å². The molecule has 1 aliphatic heterocycles. The summed E-state index contributed by atoms with van der Waals surface area (Å²) in [6.07, 6.45) is 4.11. The predicted octanol–water partition coefficient (Wildman–Crippen LogP) is 1.33. The molecule has 16 heavy (non-hydrogen) atoms. The van der Waals surface area contributed by atoms with Crippen LogP contribution in [0.25, 0.3) is 0 Å². The average molecular weight is 242 g/mol. The van der Waals surface area contributed by atoms with Gasteiger partial charge in [-0.05, 0) is 25.8 Å². The molecule has 5 heteroatoms. The fourth-order valence-corrected chi connectivity index (χ4v) is 2.15. The highest BCUT2D eigenvalue weighted by molar-refractivity contribution is 6.29. The summed E-state index contributed by atoms with van der Waals surface area (Å²) in [6, 6.07) is 0. The third-order valence-corrected chi connectivity index (χ3v) is 3.25. The Labute approximate surface area is 100 Å². The number of aliphatic hydroxyl groups excluding tert-OH is 1. The minimum Gasteiger partial charge on any atom is -0.393 e. The molecule has 0 saturated carbocycles. The number of hydrogen-bond donors (Lipinski definition) is 1. The summed E-state index contributed by atoms with van der Waals surface area (Å²) in [4.78, 5) is 10.5. The molecule has 4 nitrogen and oxygen atoms in total. The molecular formula is C11H16ClN3O. The lowest BCUT2D eigenvalue weighted by Crippen LogP contribution is -2.24. The van der Waals surface area contributed by atoms with E-state index in [1.165, 1.54) is 0 Å². The monoisotopic (exact) mass is 241 g/mol. The van der Waals surface area contributed by atoms with Gasteiger partial charge in [0.15, 0.2) is 0 Å². The van der Waals surface area contributed by atoms with E-state index in [2.05, 4.69) is 14.9 Å². The van der Waals surface area contributed by atoms with Crippen LogP contribution in [0.5, 0.6) is 0 Å². The first-order valence-corrected chi connectivity index (χ1v) is 5.90. The molecule has 0 bridgehead atoms. The molecular weight excluding hydrogens is 226 g/mol. The Morgan fingerprint density at radius 2 is 2.38 bits per heavy atom. The molecule has 1 aromatic rings. The second kappa shape index (κ2) is 5.08. The number of aliphatic hydroxyl groups is 1. The van der Waals surface area contributed by atoms with Crippen LogP contribution in [0.15, 0.2) is 12.4 Å². The van der Waals surface area contributed by atoms with Crippen LogP contribution >= 0.6 is 11.6 Å². The quantitative estimate of drug-likeness (QED) is 0.868. The second-order valence-corrected chi connectivity index (χ2v) is 4.74. The maximum Gasteiger partial charge on any atom is 0.147 e. The van der Waals surface area contributed by atoms with Gasteiger partial charge in [0.1, 0.15) is 5.15 Å². The van der Waals surface area contributed by atoms with Gasteiger partial charge in [0.05, 0.1) is 24.2 Å². The lowest BCUT2D eigenvalue weighted by Gasteiger charge is -2.16. The first-order valence-electron chi connectivity index (χ1n) is 5.52. The van der Waals surface area contributed by atoms with Crippen molar-refractivity contribution in [2.24, 2.45) is 5.92 Å². The fourth-order valence-electron chi connectivity index (χ4n) is 2.05. The molecule has 0 radical (unpaired) electrons. The summed E-state index contributed by atoms with van der Waals surface area (Å²) in [5, 5.41) is 9.92. The average Bonchev–Trinajstić information content (AvgIpc) is 2.70. The molecule has 0 spiro atoms. The molecule has 2 rings (SSSR count). The van der Waals surface area contributed by atoms with Gasteiger partial charge in [0.25, 0.3) is 0 Å². The Balaban J connectivity index is 1.89. The zero-order valence-corrected chi connectivity index (χ0v) is 10.1. The van der Waals surface area contributed by atoms with Crippen molar-refractivity contribution in [2.45, 2.75) is 26.0 Å². The van der Waals surface area contributed by atoms with Crippen molar-refractivity contribution >= 4 is 11.6 Å². The maximum absolute atomic E-state index is 9.50. The first kappa shape index (κ1) is 11.8. The maximum atomic E-state index is 9.50. The molecule has 2 atom stereocenters. The zero-order valence-electron chi connectivity index (χ0n) is 9.30. The van der Waals surface area contributed by atoms with Crippen LogP contribution in [0, 0.1) is 5.92 Å². The molecule has 88 valence electrons. The number of aromatic nitrogens is 2. The molecule has 1 fully saturated rings. The molecule has 1 aliphatic rings. The van der Waals surface area contributed by atoms with Crippen LogP contribution in [0.1, 0.15) is 19.0 Å². The first-order chi connectivity index (χ1) is 7.65.